The van der Waals surface area contributed by atoms with Gasteiger partial charge in [0.15, 0.2) is 0 Å². The fourth-order valence-corrected chi connectivity index (χ4v) is 2.51. The van der Waals surface area contributed by atoms with Crippen LogP contribution in [0.3, 0.4) is 0 Å². The first kappa shape index (κ1) is 14.2. The van der Waals surface area contributed by atoms with Crippen molar-refractivity contribution in [2.45, 2.75) is 25.7 Å². The summed E-state index contributed by atoms with van der Waals surface area (Å²) in [5.41, 5.74) is -0.505. The highest BCUT2D eigenvalue weighted by atomic mass is 19.1. The van der Waals surface area contributed by atoms with Crippen LogP contribution in [0, 0.1) is 21.3 Å². The second-order valence-corrected chi connectivity index (χ2v) is 5.20. The first-order valence-corrected chi connectivity index (χ1v) is 6.31. The number of hydrogen-bond acceptors (Lipinski definition) is 4. The van der Waals surface area contributed by atoms with Crippen molar-refractivity contribution in [2.75, 3.05) is 11.9 Å². The van der Waals surface area contributed by atoms with Crippen LogP contribution in [0.5, 0.6) is 0 Å². The predicted molar refractivity (Wildman–Crippen MR) is 70.1 cm³/mol. The van der Waals surface area contributed by atoms with Gasteiger partial charge in [-0.25, -0.2) is 4.39 Å². The van der Waals surface area contributed by atoms with Crippen molar-refractivity contribution in [1.82, 2.24) is 0 Å². The number of benzene rings is 1. The van der Waals surface area contributed by atoms with Gasteiger partial charge in [0.1, 0.15) is 11.5 Å². The van der Waals surface area contributed by atoms with Crippen LogP contribution in [0.15, 0.2) is 18.2 Å². The zero-order valence-corrected chi connectivity index (χ0v) is 10.8. The Morgan fingerprint density at radius 2 is 2.20 bits per heavy atom. The number of carboxylic acid groups (broad SMARTS) is 1. The molecular formula is C13H15FN2O4. The average Bonchev–Trinajstić information content (AvgIpc) is 2.31. The fraction of sp³-hybridized carbons (Fsp3) is 0.462. The fourth-order valence-electron chi connectivity index (χ4n) is 2.51. The molecule has 2 N–H and O–H groups in total. The molecule has 0 spiro atoms. The van der Waals surface area contributed by atoms with Gasteiger partial charge in [0.25, 0.3) is 5.69 Å². The van der Waals surface area contributed by atoms with Gasteiger partial charge in [0.2, 0.25) is 0 Å². The average molecular weight is 282 g/mol. The Kier molecular flexibility index (Phi) is 3.87. The van der Waals surface area contributed by atoms with Gasteiger partial charge in [-0.3, -0.25) is 14.9 Å². The lowest BCUT2D eigenvalue weighted by Crippen LogP contribution is -2.38. The molecule has 108 valence electrons. The lowest BCUT2D eigenvalue weighted by Gasteiger charge is -2.41. The van der Waals surface area contributed by atoms with Crippen LogP contribution in [-0.4, -0.2) is 22.5 Å². The summed E-state index contributed by atoms with van der Waals surface area (Å²) in [7, 11) is 0. The SMILES string of the molecule is O=C(O)CC1(CNc2cc(F)ccc2[N+](=O)[O-])CCC1. The van der Waals surface area contributed by atoms with E-state index in [1.54, 1.807) is 0 Å². The van der Waals surface area contributed by atoms with Crippen LogP contribution in [0.1, 0.15) is 25.7 Å². The van der Waals surface area contributed by atoms with Crippen LogP contribution < -0.4 is 5.32 Å². The van der Waals surface area contributed by atoms with Gasteiger partial charge < -0.3 is 10.4 Å². The van der Waals surface area contributed by atoms with Crippen molar-refractivity contribution in [1.29, 1.82) is 0 Å². The van der Waals surface area contributed by atoms with Crippen molar-refractivity contribution in [2.24, 2.45) is 5.41 Å². The maximum Gasteiger partial charge on any atom is 0.303 e. The minimum Gasteiger partial charge on any atom is -0.481 e. The van der Waals surface area contributed by atoms with Gasteiger partial charge in [-0.2, -0.15) is 0 Å². The topological polar surface area (TPSA) is 92.5 Å². The summed E-state index contributed by atoms with van der Waals surface area (Å²) in [6, 6.07) is 3.19. The van der Waals surface area contributed by atoms with Gasteiger partial charge in [-0.05, 0) is 24.3 Å². The smallest absolute Gasteiger partial charge is 0.303 e. The molecule has 6 nitrogen and oxygen atoms in total. The quantitative estimate of drug-likeness (QED) is 0.618. The molecular weight excluding hydrogens is 267 g/mol. The third-order valence-electron chi connectivity index (χ3n) is 3.75. The number of nitrogens with zero attached hydrogens (tertiary/aromatic N) is 1. The second-order valence-electron chi connectivity index (χ2n) is 5.20. The Morgan fingerprint density at radius 1 is 1.50 bits per heavy atom. The van der Waals surface area contributed by atoms with Crippen molar-refractivity contribution in [3.8, 4) is 0 Å². The number of carboxylic acids is 1. The Labute approximate surface area is 114 Å². The number of nitro groups is 1. The summed E-state index contributed by atoms with van der Waals surface area (Å²) in [5.74, 6) is -1.46. The highest BCUT2D eigenvalue weighted by molar-refractivity contribution is 5.68. The Morgan fingerprint density at radius 3 is 2.70 bits per heavy atom. The van der Waals surface area contributed by atoms with E-state index in [2.05, 4.69) is 5.32 Å². The lowest BCUT2D eigenvalue weighted by atomic mass is 9.66. The van der Waals surface area contributed by atoms with E-state index in [4.69, 9.17) is 5.11 Å². The second kappa shape index (κ2) is 5.44. The number of nitrogens with one attached hydrogen (secondary N) is 1. The number of hydrogen-bond donors (Lipinski definition) is 2. The molecule has 0 heterocycles. The standard InChI is InChI=1S/C13H15FN2O4/c14-9-2-3-11(16(19)20)10(6-9)15-8-13(4-1-5-13)7-12(17)18/h2-3,6,15H,1,4-5,7-8H2,(H,17,18). The molecule has 0 radical (unpaired) electrons. The molecule has 2 rings (SSSR count). The van der Waals surface area contributed by atoms with E-state index >= 15 is 0 Å². The van der Waals surface area contributed by atoms with Crippen molar-refractivity contribution in [3.63, 3.8) is 0 Å². The first-order valence-electron chi connectivity index (χ1n) is 6.31. The number of nitro benzene ring substituents is 1. The molecule has 20 heavy (non-hydrogen) atoms. The number of halogens is 1. The summed E-state index contributed by atoms with van der Waals surface area (Å²) in [6.07, 6.45) is 2.48. The number of carbonyl (C=O) groups is 1. The van der Waals surface area contributed by atoms with E-state index in [-0.39, 0.29) is 23.2 Å². The molecule has 0 atom stereocenters. The van der Waals surface area contributed by atoms with E-state index in [0.717, 1.165) is 37.5 Å². The minimum atomic E-state index is -0.889. The molecule has 0 amide bonds. The third-order valence-corrected chi connectivity index (χ3v) is 3.75. The van der Waals surface area contributed by atoms with Gasteiger partial charge in [0.05, 0.1) is 11.3 Å². The zero-order chi connectivity index (χ0) is 14.8. The van der Waals surface area contributed by atoms with Gasteiger partial charge in [-0.15, -0.1) is 0 Å². The molecule has 0 saturated heterocycles. The highest BCUT2D eigenvalue weighted by Gasteiger charge is 2.39. The van der Waals surface area contributed by atoms with Crippen LogP contribution in [0.4, 0.5) is 15.8 Å². The molecule has 1 aromatic carbocycles. The van der Waals surface area contributed by atoms with Gasteiger partial charge >= 0.3 is 5.97 Å². The summed E-state index contributed by atoms with van der Waals surface area (Å²) in [4.78, 5) is 21.1. The van der Waals surface area contributed by atoms with E-state index in [1.807, 2.05) is 0 Å². The van der Waals surface area contributed by atoms with Crippen molar-refractivity contribution < 1.29 is 19.2 Å². The third kappa shape index (κ3) is 3.04. The molecule has 1 aliphatic carbocycles. The molecule has 1 aliphatic rings. The van der Waals surface area contributed by atoms with E-state index in [9.17, 15) is 19.3 Å². The van der Waals surface area contributed by atoms with Crippen LogP contribution in [-0.2, 0) is 4.79 Å². The summed E-state index contributed by atoms with van der Waals surface area (Å²) in [6.45, 7) is 0.295. The van der Waals surface area contributed by atoms with Gasteiger partial charge in [-0.1, -0.05) is 6.42 Å². The molecule has 0 unspecified atom stereocenters. The maximum atomic E-state index is 13.2. The molecule has 7 heteroatoms. The lowest BCUT2D eigenvalue weighted by molar-refractivity contribution is -0.384. The summed E-state index contributed by atoms with van der Waals surface area (Å²) in [5, 5.41) is 22.6. The maximum absolute atomic E-state index is 13.2. The molecule has 0 aliphatic heterocycles. The monoisotopic (exact) mass is 282 g/mol. The molecule has 0 aromatic heterocycles. The predicted octanol–water partition coefficient (Wildman–Crippen LogP) is 2.79. The molecule has 1 aromatic rings. The summed E-state index contributed by atoms with van der Waals surface area (Å²) < 4.78 is 13.2. The Hall–Kier alpha value is -2.18. The molecule has 0 bridgehead atoms. The minimum absolute atomic E-state index is 0.0170. The van der Waals surface area contributed by atoms with Crippen molar-refractivity contribution >= 4 is 17.3 Å². The number of aliphatic carboxylic acids is 1. The number of anilines is 1. The van der Waals surface area contributed by atoms with E-state index in [0.29, 0.717) is 6.54 Å². The van der Waals surface area contributed by atoms with Crippen LogP contribution >= 0.6 is 0 Å². The Bertz CT molecular complexity index is 543. The first-order chi connectivity index (χ1) is 9.42. The van der Waals surface area contributed by atoms with E-state index < -0.39 is 16.7 Å². The normalized spacial score (nSPS) is 16.2. The largest absolute Gasteiger partial charge is 0.481 e. The van der Waals surface area contributed by atoms with Crippen LogP contribution in [0.2, 0.25) is 0 Å². The highest BCUT2D eigenvalue weighted by Crippen LogP contribution is 2.44. The zero-order valence-electron chi connectivity index (χ0n) is 10.8. The van der Waals surface area contributed by atoms with Crippen LogP contribution in [0.25, 0.3) is 0 Å². The summed E-state index contributed by atoms with van der Waals surface area (Å²) >= 11 is 0. The van der Waals surface area contributed by atoms with Gasteiger partial charge in [0, 0.05) is 18.7 Å². The molecule has 1 saturated carbocycles. The number of rotatable bonds is 6. The van der Waals surface area contributed by atoms with Crippen molar-refractivity contribution in [3.05, 3.63) is 34.1 Å². The van der Waals surface area contributed by atoms with E-state index in [1.165, 1.54) is 0 Å². The molecule has 1 fully saturated rings. The Balaban J connectivity index is 2.12.